The van der Waals surface area contributed by atoms with Crippen LogP contribution in [0.2, 0.25) is 0 Å². The Morgan fingerprint density at radius 1 is 1.22 bits per heavy atom. The zero-order valence-corrected chi connectivity index (χ0v) is 10.2. The van der Waals surface area contributed by atoms with Gasteiger partial charge in [0.25, 0.3) is 0 Å². The van der Waals surface area contributed by atoms with Crippen molar-refractivity contribution in [1.29, 1.82) is 0 Å². The first-order valence-electron chi connectivity index (χ1n) is 5.94. The van der Waals surface area contributed by atoms with Crippen LogP contribution in [0.25, 0.3) is 10.9 Å². The average Bonchev–Trinajstić information content (AvgIpc) is 2.89. The molecule has 0 saturated heterocycles. The predicted molar refractivity (Wildman–Crippen MR) is 72.5 cm³/mol. The molecule has 90 valence electrons. The number of furan rings is 1. The predicted octanol–water partition coefficient (Wildman–Crippen LogP) is 3.75. The van der Waals surface area contributed by atoms with E-state index >= 15 is 0 Å². The van der Waals surface area contributed by atoms with Gasteiger partial charge in [-0.15, -0.1) is 0 Å². The number of para-hydroxylation sites is 1. The van der Waals surface area contributed by atoms with Gasteiger partial charge in [0.2, 0.25) is 0 Å². The van der Waals surface area contributed by atoms with E-state index in [1.807, 2.05) is 24.3 Å². The number of pyridine rings is 1. The van der Waals surface area contributed by atoms with Crippen LogP contribution in [0.1, 0.15) is 11.1 Å². The van der Waals surface area contributed by atoms with Crippen molar-refractivity contribution in [3.05, 3.63) is 60.1 Å². The van der Waals surface area contributed by atoms with Gasteiger partial charge in [0, 0.05) is 17.5 Å². The largest absolute Gasteiger partial charge is 0.472 e. The first-order chi connectivity index (χ1) is 8.83. The van der Waals surface area contributed by atoms with Crippen LogP contribution in [0.5, 0.6) is 0 Å². The number of hydrogen-bond acceptors (Lipinski definition) is 3. The smallest absolute Gasteiger partial charge is 0.129 e. The van der Waals surface area contributed by atoms with Gasteiger partial charge < -0.3 is 9.73 Å². The molecule has 0 amide bonds. The molecular weight excluding hydrogens is 224 g/mol. The molecule has 0 aliphatic rings. The molecule has 0 unspecified atom stereocenters. The van der Waals surface area contributed by atoms with Crippen molar-refractivity contribution in [3.8, 4) is 0 Å². The SMILES string of the molecule is Cc1cc2ccccc2nc1NCc1ccoc1. The number of nitrogens with one attached hydrogen (secondary N) is 1. The highest BCUT2D eigenvalue weighted by Crippen LogP contribution is 2.20. The van der Waals surface area contributed by atoms with Crippen LogP contribution in [-0.4, -0.2) is 4.98 Å². The molecule has 2 aromatic heterocycles. The molecule has 0 radical (unpaired) electrons. The third-order valence-corrected chi connectivity index (χ3v) is 2.95. The first kappa shape index (κ1) is 10.8. The number of hydrogen-bond donors (Lipinski definition) is 1. The second kappa shape index (κ2) is 4.53. The van der Waals surface area contributed by atoms with Gasteiger partial charge in [0.05, 0.1) is 18.0 Å². The summed E-state index contributed by atoms with van der Waals surface area (Å²) in [6, 6.07) is 12.2. The first-order valence-corrected chi connectivity index (χ1v) is 5.94. The van der Waals surface area contributed by atoms with E-state index in [2.05, 4.69) is 29.4 Å². The van der Waals surface area contributed by atoms with Crippen molar-refractivity contribution in [3.63, 3.8) is 0 Å². The van der Waals surface area contributed by atoms with Crippen LogP contribution >= 0.6 is 0 Å². The van der Waals surface area contributed by atoms with Gasteiger partial charge in [0.15, 0.2) is 0 Å². The molecule has 0 spiro atoms. The summed E-state index contributed by atoms with van der Waals surface area (Å²) < 4.78 is 5.04. The average molecular weight is 238 g/mol. The molecule has 3 nitrogen and oxygen atoms in total. The lowest BCUT2D eigenvalue weighted by molar-refractivity contribution is 0.564. The minimum Gasteiger partial charge on any atom is -0.472 e. The minimum absolute atomic E-state index is 0.725. The number of benzene rings is 1. The summed E-state index contributed by atoms with van der Waals surface area (Å²) in [5.74, 6) is 0.926. The lowest BCUT2D eigenvalue weighted by Crippen LogP contribution is -2.02. The van der Waals surface area contributed by atoms with Crippen LogP contribution in [0.4, 0.5) is 5.82 Å². The number of aryl methyl sites for hydroxylation is 1. The zero-order chi connectivity index (χ0) is 12.4. The molecule has 0 bridgehead atoms. The van der Waals surface area contributed by atoms with Gasteiger partial charge in [-0.25, -0.2) is 4.98 Å². The van der Waals surface area contributed by atoms with E-state index in [0.29, 0.717) is 0 Å². The van der Waals surface area contributed by atoms with E-state index < -0.39 is 0 Å². The monoisotopic (exact) mass is 238 g/mol. The summed E-state index contributed by atoms with van der Waals surface area (Å²) in [7, 11) is 0. The van der Waals surface area contributed by atoms with E-state index in [1.54, 1.807) is 12.5 Å². The fraction of sp³-hybridized carbons (Fsp3) is 0.133. The van der Waals surface area contributed by atoms with Crippen LogP contribution in [0.15, 0.2) is 53.3 Å². The lowest BCUT2D eigenvalue weighted by atomic mass is 10.1. The fourth-order valence-corrected chi connectivity index (χ4v) is 1.98. The molecule has 3 aromatic rings. The molecule has 0 aliphatic heterocycles. The summed E-state index contributed by atoms with van der Waals surface area (Å²) in [5, 5.41) is 4.51. The molecule has 18 heavy (non-hydrogen) atoms. The second-order valence-corrected chi connectivity index (χ2v) is 4.33. The molecule has 0 aliphatic carbocycles. The molecule has 3 rings (SSSR count). The van der Waals surface area contributed by atoms with E-state index in [9.17, 15) is 0 Å². The summed E-state index contributed by atoms with van der Waals surface area (Å²) >= 11 is 0. The van der Waals surface area contributed by atoms with Crippen molar-refractivity contribution in [1.82, 2.24) is 4.98 Å². The summed E-state index contributed by atoms with van der Waals surface area (Å²) in [5.41, 5.74) is 3.28. The molecule has 3 heteroatoms. The molecule has 1 aromatic carbocycles. The maximum absolute atomic E-state index is 5.04. The number of aromatic nitrogens is 1. The van der Waals surface area contributed by atoms with Crippen LogP contribution < -0.4 is 5.32 Å². The van der Waals surface area contributed by atoms with Gasteiger partial charge in [-0.2, -0.15) is 0 Å². The molecule has 0 fully saturated rings. The van der Waals surface area contributed by atoms with Gasteiger partial charge in [-0.1, -0.05) is 18.2 Å². The minimum atomic E-state index is 0.725. The highest BCUT2D eigenvalue weighted by atomic mass is 16.3. The number of anilines is 1. The molecule has 2 heterocycles. The Bertz CT molecular complexity index is 659. The quantitative estimate of drug-likeness (QED) is 0.755. The highest BCUT2D eigenvalue weighted by molar-refractivity contribution is 5.81. The molecular formula is C15H14N2O. The second-order valence-electron chi connectivity index (χ2n) is 4.33. The Morgan fingerprint density at radius 2 is 2.11 bits per heavy atom. The van der Waals surface area contributed by atoms with E-state index in [4.69, 9.17) is 4.42 Å². The zero-order valence-electron chi connectivity index (χ0n) is 10.2. The Labute approximate surface area is 105 Å². The highest BCUT2D eigenvalue weighted by Gasteiger charge is 2.03. The van der Waals surface area contributed by atoms with Gasteiger partial charge in [-0.05, 0) is 30.7 Å². The Morgan fingerprint density at radius 3 is 2.94 bits per heavy atom. The summed E-state index contributed by atoms with van der Waals surface area (Å²) in [6.07, 6.45) is 3.42. The topological polar surface area (TPSA) is 38.1 Å². The van der Waals surface area contributed by atoms with Crippen LogP contribution in [0, 0.1) is 6.92 Å². The Hall–Kier alpha value is -2.29. The molecule has 1 N–H and O–H groups in total. The normalized spacial score (nSPS) is 10.7. The molecule has 0 saturated carbocycles. The van der Waals surface area contributed by atoms with Crippen molar-refractivity contribution in [2.75, 3.05) is 5.32 Å². The third-order valence-electron chi connectivity index (χ3n) is 2.95. The Kier molecular flexibility index (Phi) is 2.73. The Balaban J connectivity index is 1.89. The molecule has 0 atom stereocenters. The van der Waals surface area contributed by atoms with Crippen molar-refractivity contribution in [2.45, 2.75) is 13.5 Å². The van der Waals surface area contributed by atoms with Crippen LogP contribution in [-0.2, 0) is 6.54 Å². The maximum atomic E-state index is 5.04. The van der Waals surface area contributed by atoms with Crippen molar-refractivity contribution >= 4 is 16.7 Å². The van der Waals surface area contributed by atoms with E-state index in [0.717, 1.165) is 29.0 Å². The third kappa shape index (κ3) is 2.07. The van der Waals surface area contributed by atoms with E-state index in [-0.39, 0.29) is 0 Å². The number of nitrogens with zero attached hydrogens (tertiary/aromatic N) is 1. The number of fused-ring (bicyclic) bond motifs is 1. The summed E-state index contributed by atoms with van der Waals surface area (Å²) in [6.45, 7) is 2.79. The van der Waals surface area contributed by atoms with E-state index in [1.165, 1.54) is 5.39 Å². The van der Waals surface area contributed by atoms with Crippen LogP contribution in [0.3, 0.4) is 0 Å². The lowest BCUT2D eigenvalue weighted by Gasteiger charge is -2.09. The number of rotatable bonds is 3. The van der Waals surface area contributed by atoms with Gasteiger partial charge in [0.1, 0.15) is 5.82 Å². The maximum Gasteiger partial charge on any atom is 0.129 e. The van der Waals surface area contributed by atoms with Crippen molar-refractivity contribution in [2.24, 2.45) is 0 Å². The fourth-order valence-electron chi connectivity index (χ4n) is 1.98. The van der Waals surface area contributed by atoms with Crippen molar-refractivity contribution < 1.29 is 4.42 Å². The van der Waals surface area contributed by atoms with Gasteiger partial charge in [-0.3, -0.25) is 0 Å². The van der Waals surface area contributed by atoms with Gasteiger partial charge >= 0.3 is 0 Å². The summed E-state index contributed by atoms with van der Waals surface area (Å²) in [4.78, 5) is 4.63. The standard InChI is InChI=1S/C15H14N2O/c1-11-8-13-4-2-3-5-14(13)17-15(11)16-9-12-6-7-18-10-12/h2-8,10H,9H2,1H3,(H,16,17).